The minimum atomic E-state index is -4.89. The maximum absolute atomic E-state index is 14.5. The fourth-order valence-electron chi connectivity index (χ4n) is 4.91. The molecule has 43 heavy (non-hydrogen) atoms. The van der Waals surface area contributed by atoms with Gasteiger partial charge in [-0.1, -0.05) is 54.6 Å². The molecule has 3 aromatic carbocycles. The predicted molar refractivity (Wildman–Crippen MR) is 157 cm³/mol. The number of nitrogens with zero attached hydrogens (tertiary/aromatic N) is 1. The number of aliphatic hydroxyl groups is 1. The Kier molecular flexibility index (Phi) is 9.90. The van der Waals surface area contributed by atoms with Crippen molar-refractivity contribution in [2.45, 2.75) is 61.6 Å². The van der Waals surface area contributed by atoms with Crippen molar-refractivity contribution in [3.63, 3.8) is 0 Å². The van der Waals surface area contributed by atoms with E-state index in [-0.39, 0.29) is 18.8 Å². The topological polar surface area (TPSA) is 116 Å². The van der Waals surface area contributed by atoms with Crippen LogP contribution in [0, 0.1) is 24.4 Å². The highest BCUT2D eigenvalue weighted by molar-refractivity contribution is 8.00. The molecule has 1 fully saturated rings. The van der Waals surface area contributed by atoms with Crippen molar-refractivity contribution >= 4 is 33.6 Å². The minimum absolute atomic E-state index is 0.0357. The number of nitrogens with one attached hydrogen (secondary N) is 2. The molecule has 1 aliphatic heterocycles. The van der Waals surface area contributed by atoms with Gasteiger partial charge in [0.2, 0.25) is 15.9 Å². The number of aryl methyl sites for hydroxylation is 1. The number of carbonyl (C=O) groups excluding carboxylic acids is 2. The molecule has 0 saturated carbocycles. The summed E-state index contributed by atoms with van der Waals surface area (Å²) in [7, 11) is -4.89. The van der Waals surface area contributed by atoms with Crippen LogP contribution in [-0.4, -0.2) is 59.1 Å². The molecule has 230 valence electrons. The molecule has 0 radical (unpaired) electrons. The molecule has 0 aromatic heterocycles. The first-order chi connectivity index (χ1) is 20.2. The Bertz CT molecular complexity index is 1610. The van der Waals surface area contributed by atoms with Gasteiger partial charge in [0.05, 0.1) is 11.9 Å². The lowest BCUT2D eigenvalue weighted by atomic mass is 9.97. The Balaban J connectivity index is 1.61. The van der Waals surface area contributed by atoms with Crippen LogP contribution in [0.5, 0.6) is 0 Å². The quantitative estimate of drug-likeness (QED) is 0.293. The van der Waals surface area contributed by atoms with Gasteiger partial charge in [-0.05, 0) is 56.0 Å². The molecule has 1 heterocycles. The molecular weight excluding hydrogens is 603 g/mol. The maximum atomic E-state index is 14.5. The van der Waals surface area contributed by atoms with Crippen LogP contribution in [0.4, 0.5) is 13.2 Å². The fourth-order valence-corrected chi connectivity index (χ4v) is 7.36. The molecule has 3 atom stereocenters. The normalized spacial score (nSPS) is 17.8. The zero-order valence-electron chi connectivity index (χ0n) is 23.7. The van der Waals surface area contributed by atoms with Crippen molar-refractivity contribution in [1.82, 2.24) is 14.9 Å². The maximum Gasteiger partial charge on any atom is 0.254 e. The number of halogens is 3. The van der Waals surface area contributed by atoms with Gasteiger partial charge in [0.1, 0.15) is 17.0 Å². The van der Waals surface area contributed by atoms with Gasteiger partial charge in [-0.2, -0.15) is 0 Å². The molecule has 3 aromatic rings. The van der Waals surface area contributed by atoms with E-state index in [0.29, 0.717) is 17.7 Å². The van der Waals surface area contributed by atoms with Crippen molar-refractivity contribution in [2.24, 2.45) is 0 Å². The zero-order valence-corrected chi connectivity index (χ0v) is 25.3. The van der Waals surface area contributed by atoms with Crippen LogP contribution < -0.4 is 10.0 Å². The van der Waals surface area contributed by atoms with Crippen molar-refractivity contribution in [3.05, 3.63) is 101 Å². The van der Waals surface area contributed by atoms with Gasteiger partial charge in [-0.3, -0.25) is 9.59 Å². The highest BCUT2D eigenvalue weighted by atomic mass is 32.2. The summed E-state index contributed by atoms with van der Waals surface area (Å²) >= 11 is 1.31. The molecule has 1 saturated heterocycles. The van der Waals surface area contributed by atoms with E-state index >= 15 is 0 Å². The minimum Gasteiger partial charge on any atom is -0.382 e. The lowest BCUT2D eigenvalue weighted by Gasteiger charge is -2.33. The van der Waals surface area contributed by atoms with E-state index in [2.05, 4.69) is 10.0 Å². The summed E-state index contributed by atoms with van der Waals surface area (Å²) in [6.07, 6.45) is -2.24. The van der Waals surface area contributed by atoms with Gasteiger partial charge < -0.3 is 15.3 Å². The summed E-state index contributed by atoms with van der Waals surface area (Å²) in [6.45, 7) is 5.68. The number of benzene rings is 3. The van der Waals surface area contributed by atoms with Crippen LogP contribution in [0.3, 0.4) is 0 Å². The van der Waals surface area contributed by atoms with Crippen molar-refractivity contribution in [1.29, 1.82) is 0 Å². The van der Waals surface area contributed by atoms with Crippen LogP contribution >= 0.6 is 11.8 Å². The molecule has 8 nitrogen and oxygen atoms in total. The Morgan fingerprint density at radius 2 is 1.67 bits per heavy atom. The van der Waals surface area contributed by atoms with E-state index < -0.39 is 67.1 Å². The van der Waals surface area contributed by atoms with Crippen LogP contribution in [0.2, 0.25) is 0 Å². The average molecular weight is 636 g/mol. The summed E-state index contributed by atoms with van der Waals surface area (Å²) in [4.78, 5) is 27.2. The second-order valence-electron chi connectivity index (χ2n) is 10.8. The van der Waals surface area contributed by atoms with Gasteiger partial charge in [-0.15, -0.1) is 11.8 Å². The first kappa shape index (κ1) is 32.5. The number of hydrogen-bond acceptors (Lipinski definition) is 6. The first-order valence-electron chi connectivity index (χ1n) is 13.4. The molecule has 0 spiro atoms. The standard InChI is InChI=1S/C30H32F3N3O5S2/c1-18-9-7-8-12-20(18)16-34-28(38)27-30(2,3)42-17-36(27)29(39)26(37)22(15-19-10-5-4-6-11-19)35-43(40,41)23-14-13-21(31)24(32)25(23)33/h4-14,22,26-27,35,37H,15-17H2,1-3H3,(H,34,38)/t22-,26-,27+/m0/s1. The number of thioether (sulfide) groups is 1. The molecule has 0 unspecified atom stereocenters. The summed E-state index contributed by atoms with van der Waals surface area (Å²) in [6, 6.07) is 14.2. The second kappa shape index (κ2) is 13.1. The third-order valence-corrected chi connectivity index (χ3v) is 10.2. The molecule has 0 aliphatic carbocycles. The van der Waals surface area contributed by atoms with Crippen LogP contribution in [0.15, 0.2) is 71.6 Å². The van der Waals surface area contributed by atoms with Crippen molar-refractivity contribution < 1.29 is 36.3 Å². The Morgan fingerprint density at radius 1 is 1.02 bits per heavy atom. The number of amides is 2. The van der Waals surface area contributed by atoms with Crippen molar-refractivity contribution in [3.8, 4) is 0 Å². The molecule has 2 amide bonds. The first-order valence-corrected chi connectivity index (χ1v) is 15.8. The summed E-state index contributed by atoms with van der Waals surface area (Å²) in [5.41, 5.74) is 2.38. The Morgan fingerprint density at radius 3 is 2.35 bits per heavy atom. The van der Waals surface area contributed by atoms with Gasteiger partial charge >= 0.3 is 0 Å². The van der Waals surface area contributed by atoms with Gasteiger partial charge in [0, 0.05) is 11.3 Å². The van der Waals surface area contributed by atoms with Crippen molar-refractivity contribution in [2.75, 3.05) is 5.88 Å². The highest BCUT2D eigenvalue weighted by Gasteiger charge is 2.50. The van der Waals surface area contributed by atoms with Gasteiger partial charge in [-0.25, -0.2) is 26.3 Å². The highest BCUT2D eigenvalue weighted by Crippen LogP contribution is 2.40. The molecule has 0 bridgehead atoms. The lowest BCUT2D eigenvalue weighted by molar-refractivity contribution is -0.147. The molecule has 13 heteroatoms. The molecule has 1 aliphatic rings. The van der Waals surface area contributed by atoms with E-state index in [9.17, 15) is 36.3 Å². The van der Waals surface area contributed by atoms with E-state index in [4.69, 9.17) is 0 Å². The van der Waals surface area contributed by atoms with E-state index in [0.717, 1.165) is 11.1 Å². The second-order valence-corrected chi connectivity index (χ2v) is 14.0. The summed E-state index contributed by atoms with van der Waals surface area (Å²) in [5, 5.41) is 14.2. The lowest BCUT2D eigenvalue weighted by Crippen LogP contribution is -2.58. The smallest absolute Gasteiger partial charge is 0.254 e. The predicted octanol–water partition coefficient (Wildman–Crippen LogP) is 3.66. The van der Waals surface area contributed by atoms with E-state index in [1.165, 1.54) is 16.7 Å². The SMILES string of the molecule is Cc1ccccc1CNC(=O)[C@H]1N(C(=O)[C@@H](O)[C@H](Cc2ccccc2)NS(=O)(=O)c2ccc(F)c(F)c2F)CSC1(C)C. The number of sulfonamides is 1. The monoisotopic (exact) mass is 635 g/mol. The number of carbonyl (C=O) groups is 2. The molecule has 3 N–H and O–H groups in total. The number of aliphatic hydroxyl groups excluding tert-OH is 1. The number of hydrogen-bond donors (Lipinski definition) is 3. The van der Waals surface area contributed by atoms with E-state index in [1.807, 2.05) is 31.2 Å². The largest absolute Gasteiger partial charge is 0.382 e. The Labute approximate surface area is 252 Å². The number of rotatable bonds is 10. The summed E-state index contributed by atoms with van der Waals surface area (Å²) in [5.74, 6) is -6.84. The third-order valence-electron chi connectivity index (χ3n) is 7.32. The fraction of sp³-hybridized carbons (Fsp3) is 0.333. The van der Waals surface area contributed by atoms with Gasteiger partial charge in [0.25, 0.3) is 5.91 Å². The van der Waals surface area contributed by atoms with Crippen LogP contribution in [0.1, 0.15) is 30.5 Å². The Hall–Kier alpha value is -3.39. The third kappa shape index (κ3) is 7.23. The van der Waals surface area contributed by atoms with Crippen LogP contribution in [0.25, 0.3) is 0 Å². The molecule has 4 rings (SSSR count). The molecular formula is C30H32F3N3O5S2. The zero-order chi connectivity index (χ0) is 31.5. The van der Waals surface area contributed by atoms with E-state index in [1.54, 1.807) is 44.2 Å². The summed E-state index contributed by atoms with van der Waals surface area (Å²) < 4.78 is 69.5. The van der Waals surface area contributed by atoms with Crippen LogP contribution in [-0.2, 0) is 32.6 Å². The van der Waals surface area contributed by atoms with Gasteiger partial charge in [0.15, 0.2) is 17.5 Å². The average Bonchev–Trinajstić information content (AvgIpc) is 3.29.